The Balaban J connectivity index is 1.18. The summed E-state index contributed by atoms with van der Waals surface area (Å²) in [4.78, 5) is 24.6. The Morgan fingerprint density at radius 1 is 1.32 bits per heavy atom. The third-order valence-corrected chi connectivity index (χ3v) is 7.55. The fraction of sp³-hybridized carbons (Fsp3) is 0.625. The highest BCUT2D eigenvalue weighted by Gasteiger charge is 2.27. The van der Waals surface area contributed by atoms with Crippen molar-refractivity contribution in [1.82, 2.24) is 20.2 Å². The molecule has 0 saturated heterocycles. The molecule has 0 radical (unpaired) electrons. The van der Waals surface area contributed by atoms with Gasteiger partial charge in [-0.15, -0.1) is 0 Å². The molecule has 3 heterocycles. The molecule has 0 atom stereocenters. The molecule has 1 fully saturated rings. The summed E-state index contributed by atoms with van der Waals surface area (Å²) < 4.78 is 36.4. The minimum absolute atomic E-state index is 0.0810. The van der Waals surface area contributed by atoms with Gasteiger partial charge < -0.3 is 14.8 Å². The van der Waals surface area contributed by atoms with Crippen LogP contribution in [0.4, 0.5) is 8.78 Å². The van der Waals surface area contributed by atoms with E-state index in [4.69, 9.17) is 9.47 Å². The number of carbonyl (C=O) groups excluding carboxylic acids is 1. The predicted molar refractivity (Wildman–Crippen MR) is 126 cm³/mol. The molecule has 0 aromatic carbocycles. The minimum atomic E-state index is -2.85. The first-order valence-electron chi connectivity index (χ1n) is 11.8. The fourth-order valence-corrected chi connectivity index (χ4v) is 5.47. The summed E-state index contributed by atoms with van der Waals surface area (Å²) in [6, 6.07) is 3.55. The van der Waals surface area contributed by atoms with Crippen LogP contribution in [0.2, 0.25) is 0 Å². The number of nitrogens with zero attached hydrogens (tertiary/aromatic N) is 3. The van der Waals surface area contributed by atoms with Gasteiger partial charge in [0.15, 0.2) is 6.61 Å². The highest BCUT2D eigenvalue weighted by molar-refractivity contribution is 7.13. The van der Waals surface area contributed by atoms with Crippen LogP contribution >= 0.6 is 11.3 Å². The summed E-state index contributed by atoms with van der Waals surface area (Å²) in [5.41, 5.74) is 1.53. The average molecular weight is 495 g/mol. The van der Waals surface area contributed by atoms with Crippen molar-refractivity contribution in [3.8, 4) is 11.1 Å². The van der Waals surface area contributed by atoms with Crippen LogP contribution in [0.25, 0.3) is 0 Å². The number of thiazole rings is 1. The first kappa shape index (κ1) is 24.8. The van der Waals surface area contributed by atoms with Gasteiger partial charge in [-0.3, -0.25) is 9.69 Å². The van der Waals surface area contributed by atoms with E-state index in [1.54, 1.807) is 18.3 Å². The number of methoxy groups -OCH3 is 1. The molecular formula is C24H32F2N4O3S. The number of amides is 1. The number of alkyl halides is 2. The van der Waals surface area contributed by atoms with Gasteiger partial charge in [-0.25, -0.2) is 18.7 Å². The molecule has 1 saturated carbocycles. The Bertz CT molecular complexity index is 973. The van der Waals surface area contributed by atoms with Crippen molar-refractivity contribution in [2.24, 2.45) is 5.92 Å². The second-order valence-electron chi connectivity index (χ2n) is 9.30. The van der Waals surface area contributed by atoms with Crippen molar-refractivity contribution in [2.45, 2.75) is 64.0 Å². The highest BCUT2D eigenvalue weighted by atomic mass is 32.1. The predicted octanol–water partition coefficient (Wildman–Crippen LogP) is 4.32. The molecule has 1 amide bonds. The number of rotatable bonds is 9. The van der Waals surface area contributed by atoms with E-state index in [9.17, 15) is 13.6 Å². The summed E-state index contributed by atoms with van der Waals surface area (Å²) in [6.07, 6.45) is 7.75. The third kappa shape index (κ3) is 6.85. The molecule has 0 bridgehead atoms. The number of fused-ring (bicyclic) bond motifs is 1. The number of nitrogens with one attached hydrogen (secondary N) is 1. The Hall–Kier alpha value is -2.33. The van der Waals surface area contributed by atoms with Crippen molar-refractivity contribution in [3.05, 3.63) is 34.5 Å². The summed E-state index contributed by atoms with van der Waals surface area (Å²) in [6.45, 7) is 2.92. The smallest absolute Gasteiger partial charge is 0.278 e. The molecular weight excluding hydrogens is 462 g/mol. The largest absolute Gasteiger partial charge is 0.481 e. The Morgan fingerprint density at radius 2 is 2.12 bits per heavy atom. The lowest BCUT2D eigenvalue weighted by atomic mass is 9.84. The second kappa shape index (κ2) is 10.9. The van der Waals surface area contributed by atoms with Crippen LogP contribution in [0.5, 0.6) is 11.1 Å². The van der Waals surface area contributed by atoms with Gasteiger partial charge in [-0.05, 0) is 57.1 Å². The fourth-order valence-electron chi connectivity index (χ4n) is 4.56. The monoisotopic (exact) mass is 494 g/mol. The van der Waals surface area contributed by atoms with Gasteiger partial charge in [0.05, 0.1) is 12.8 Å². The van der Waals surface area contributed by atoms with Gasteiger partial charge >= 0.3 is 0 Å². The number of halogens is 2. The van der Waals surface area contributed by atoms with Crippen LogP contribution in [-0.2, 0) is 13.0 Å². The normalized spacial score (nSPS) is 21.1. The van der Waals surface area contributed by atoms with Crippen molar-refractivity contribution >= 4 is 17.2 Å². The van der Waals surface area contributed by atoms with Gasteiger partial charge in [-0.2, -0.15) is 0 Å². The Labute approximate surface area is 202 Å². The highest BCUT2D eigenvalue weighted by Crippen LogP contribution is 2.32. The molecule has 10 heteroatoms. The summed E-state index contributed by atoms with van der Waals surface area (Å²) >= 11 is 1.39. The molecule has 4 rings (SSSR count). The molecule has 2 aliphatic rings. The number of pyridine rings is 1. The maximum Gasteiger partial charge on any atom is 0.278 e. The number of aromatic nitrogens is 2. The van der Waals surface area contributed by atoms with E-state index in [2.05, 4.69) is 20.2 Å². The molecule has 1 aliphatic carbocycles. The van der Waals surface area contributed by atoms with E-state index in [1.165, 1.54) is 18.4 Å². The summed E-state index contributed by atoms with van der Waals surface area (Å²) in [5, 5.41) is 3.49. The van der Waals surface area contributed by atoms with Crippen molar-refractivity contribution in [3.63, 3.8) is 0 Å². The van der Waals surface area contributed by atoms with E-state index in [0.717, 1.165) is 75.7 Å². The molecule has 7 nitrogen and oxygen atoms in total. The molecule has 34 heavy (non-hydrogen) atoms. The number of carbonyl (C=O) groups is 1. The van der Waals surface area contributed by atoms with E-state index in [0.29, 0.717) is 22.6 Å². The molecule has 1 N–H and O–H groups in total. The molecule has 0 unspecified atom stereocenters. The van der Waals surface area contributed by atoms with Crippen LogP contribution in [0, 0.1) is 5.92 Å². The molecule has 2 aromatic rings. The first-order valence-corrected chi connectivity index (χ1v) is 12.6. The maximum atomic E-state index is 13.0. The van der Waals surface area contributed by atoms with E-state index in [1.807, 2.05) is 0 Å². The van der Waals surface area contributed by atoms with E-state index >= 15 is 0 Å². The number of hydrogen-bond donors (Lipinski definition) is 1. The molecule has 2 aromatic heterocycles. The van der Waals surface area contributed by atoms with E-state index < -0.39 is 12.5 Å². The lowest BCUT2D eigenvalue weighted by Gasteiger charge is -2.32. The van der Waals surface area contributed by atoms with E-state index in [-0.39, 0.29) is 11.9 Å². The molecule has 0 spiro atoms. The number of ether oxygens (including phenoxy) is 2. The first-order chi connectivity index (χ1) is 16.3. The van der Waals surface area contributed by atoms with Crippen molar-refractivity contribution in [1.29, 1.82) is 0 Å². The second-order valence-corrected chi connectivity index (χ2v) is 10.3. The van der Waals surface area contributed by atoms with Crippen LogP contribution in [0.3, 0.4) is 0 Å². The van der Waals surface area contributed by atoms with Crippen LogP contribution < -0.4 is 14.8 Å². The SMILES string of the molecule is COc1cc(C(=O)N[C@H]2CC[C@H](CCN3CCc4sc(OCC(C)(F)F)nc4C3)CC2)ccn1. The zero-order chi connectivity index (χ0) is 24.1. The van der Waals surface area contributed by atoms with Gasteiger partial charge in [0.25, 0.3) is 17.0 Å². The Morgan fingerprint density at radius 3 is 2.85 bits per heavy atom. The van der Waals surface area contributed by atoms with Crippen molar-refractivity contribution in [2.75, 3.05) is 26.8 Å². The van der Waals surface area contributed by atoms with Crippen LogP contribution in [-0.4, -0.2) is 59.5 Å². The van der Waals surface area contributed by atoms with Gasteiger partial charge in [0.2, 0.25) is 5.88 Å². The standard InChI is InChI=1S/C24H32F2N4O3S/c1-24(25,26)15-33-23-29-19-14-30(12-9-20(19)34-23)11-8-16-3-5-18(6-4-16)28-22(31)17-7-10-27-21(13-17)32-2/h7,10,13,16,18H,3-6,8-9,11-12,14-15H2,1-2H3,(H,28,31)/t16-,18-. The van der Waals surface area contributed by atoms with Crippen LogP contribution in [0.1, 0.15) is 60.0 Å². The van der Waals surface area contributed by atoms with Gasteiger partial charge in [0, 0.05) is 48.8 Å². The molecule has 186 valence electrons. The molecule has 1 aliphatic heterocycles. The zero-order valence-corrected chi connectivity index (χ0v) is 20.5. The lowest BCUT2D eigenvalue weighted by molar-refractivity contribution is -0.0230. The van der Waals surface area contributed by atoms with Gasteiger partial charge in [-0.1, -0.05) is 11.3 Å². The Kier molecular flexibility index (Phi) is 7.98. The quantitative estimate of drug-likeness (QED) is 0.560. The maximum absolute atomic E-state index is 13.0. The topological polar surface area (TPSA) is 76.6 Å². The lowest BCUT2D eigenvalue weighted by Crippen LogP contribution is -2.38. The summed E-state index contributed by atoms with van der Waals surface area (Å²) in [5.74, 6) is -1.85. The van der Waals surface area contributed by atoms with Crippen LogP contribution in [0.15, 0.2) is 18.3 Å². The van der Waals surface area contributed by atoms with Crippen molar-refractivity contribution < 1.29 is 23.0 Å². The number of hydrogen-bond acceptors (Lipinski definition) is 7. The minimum Gasteiger partial charge on any atom is -0.481 e. The third-order valence-electron chi connectivity index (χ3n) is 6.48. The average Bonchev–Trinajstić information content (AvgIpc) is 3.24. The van der Waals surface area contributed by atoms with Gasteiger partial charge in [0.1, 0.15) is 0 Å². The zero-order valence-electron chi connectivity index (χ0n) is 19.7. The summed E-state index contributed by atoms with van der Waals surface area (Å²) in [7, 11) is 1.54.